The van der Waals surface area contributed by atoms with Gasteiger partial charge in [-0.1, -0.05) is 42.5 Å². The minimum absolute atomic E-state index is 0.127. The van der Waals surface area contributed by atoms with Crippen molar-refractivity contribution in [3.8, 4) is 16.9 Å². The number of hydrogen-bond donors (Lipinski definition) is 3. The molecule has 0 bridgehead atoms. The first kappa shape index (κ1) is 23.4. The molecule has 0 aliphatic carbocycles. The van der Waals surface area contributed by atoms with Crippen molar-refractivity contribution in [1.82, 2.24) is 5.32 Å². The van der Waals surface area contributed by atoms with Crippen molar-refractivity contribution in [2.75, 3.05) is 13.1 Å². The van der Waals surface area contributed by atoms with Gasteiger partial charge in [0.05, 0.1) is 12.2 Å². The Morgan fingerprint density at radius 2 is 1.75 bits per heavy atom. The van der Waals surface area contributed by atoms with Crippen LogP contribution in [0.2, 0.25) is 0 Å². The van der Waals surface area contributed by atoms with Crippen molar-refractivity contribution < 1.29 is 24.1 Å². The van der Waals surface area contributed by atoms with Crippen LogP contribution in [0.15, 0.2) is 66.7 Å². The van der Waals surface area contributed by atoms with E-state index in [2.05, 4.69) is 5.32 Å². The molecule has 0 aliphatic rings. The lowest BCUT2D eigenvalue weighted by atomic mass is 10.0. The van der Waals surface area contributed by atoms with Crippen LogP contribution in [-0.2, 0) is 6.42 Å². The van der Waals surface area contributed by atoms with E-state index in [0.29, 0.717) is 24.4 Å². The molecule has 6 heteroatoms. The molecule has 0 amide bonds. The molecule has 0 heterocycles. The second-order valence-corrected chi connectivity index (χ2v) is 7.90. The zero-order chi connectivity index (χ0) is 23.1. The number of hydrogen-bond acceptors (Lipinski definition) is 4. The third-order valence-corrected chi connectivity index (χ3v) is 5.02. The molecule has 5 nitrogen and oxygen atoms in total. The first-order valence-corrected chi connectivity index (χ1v) is 10.6. The lowest BCUT2D eigenvalue weighted by molar-refractivity contribution is 0.0690. The Morgan fingerprint density at radius 1 is 1.03 bits per heavy atom. The predicted molar refractivity (Wildman–Crippen MR) is 123 cm³/mol. The second-order valence-electron chi connectivity index (χ2n) is 7.90. The van der Waals surface area contributed by atoms with Crippen molar-refractivity contribution in [3.63, 3.8) is 0 Å². The van der Waals surface area contributed by atoms with Gasteiger partial charge in [0.2, 0.25) is 0 Å². The van der Waals surface area contributed by atoms with Crippen LogP contribution in [0.5, 0.6) is 5.75 Å². The Balaban J connectivity index is 1.57. The maximum Gasteiger partial charge on any atom is 0.339 e. The normalized spacial score (nSPS) is 12.0. The summed E-state index contributed by atoms with van der Waals surface area (Å²) in [5.41, 5.74) is 3.67. The summed E-state index contributed by atoms with van der Waals surface area (Å²) in [6, 6.07) is 19.1. The van der Waals surface area contributed by atoms with E-state index >= 15 is 0 Å². The van der Waals surface area contributed by atoms with E-state index in [9.17, 15) is 19.4 Å². The molecule has 0 radical (unpaired) electrons. The van der Waals surface area contributed by atoms with Crippen molar-refractivity contribution in [3.05, 3.63) is 89.2 Å². The number of carboxylic acid groups (broad SMARTS) is 1. The number of benzene rings is 3. The summed E-state index contributed by atoms with van der Waals surface area (Å²) in [5.74, 6) is -1.02. The van der Waals surface area contributed by atoms with Gasteiger partial charge in [-0.25, -0.2) is 9.18 Å². The summed E-state index contributed by atoms with van der Waals surface area (Å²) in [5, 5.41) is 22.7. The van der Waals surface area contributed by atoms with Gasteiger partial charge in [-0.2, -0.15) is 0 Å². The summed E-state index contributed by atoms with van der Waals surface area (Å²) in [4.78, 5) is 11.4. The van der Waals surface area contributed by atoms with E-state index in [1.165, 1.54) is 12.1 Å². The van der Waals surface area contributed by atoms with Gasteiger partial charge in [-0.15, -0.1) is 0 Å². The van der Waals surface area contributed by atoms with Crippen molar-refractivity contribution in [1.29, 1.82) is 0 Å². The zero-order valence-corrected chi connectivity index (χ0v) is 18.2. The maximum atomic E-state index is 13.3. The number of rotatable bonds is 10. The van der Waals surface area contributed by atoms with E-state index in [1.54, 1.807) is 30.3 Å². The summed E-state index contributed by atoms with van der Waals surface area (Å²) in [6.45, 7) is 4.73. The third-order valence-electron chi connectivity index (χ3n) is 5.02. The van der Waals surface area contributed by atoms with Crippen LogP contribution in [0.1, 0.15) is 41.4 Å². The van der Waals surface area contributed by atoms with Crippen molar-refractivity contribution >= 4 is 5.97 Å². The van der Waals surface area contributed by atoms with Crippen molar-refractivity contribution in [2.45, 2.75) is 32.5 Å². The average molecular weight is 438 g/mol. The van der Waals surface area contributed by atoms with Gasteiger partial charge in [-0.3, -0.25) is 0 Å². The van der Waals surface area contributed by atoms with Crippen LogP contribution in [0.4, 0.5) is 4.39 Å². The number of aliphatic hydroxyl groups excluding tert-OH is 1. The number of aliphatic hydroxyl groups is 1. The topological polar surface area (TPSA) is 78.8 Å². The number of carboxylic acids is 1. The van der Waals surface area contributed by atoms with E-state index < -0.39 is 12.1 Å². The average Bonchev–Trinajstić information content (AvgIpc) is 2.76. The molecule has 32 heavy (non-hydrogen) atoms. The van der Waals surface area contributed by atoms with E-state index in [4.69, 9.17) is 4.74 Å². The molecule has 0 saturated carbocycles. The quantitative estimate of drug-likeness (QED) is 0.396. The molecule has 3 aromatic rings. The smallest absolute Gasteiger partial charge is 0.339 e. The second kappa shape index (κ2) is 10.9. The fraction of sp³-hybridized carbons (Fsp3) is 0.269. The fourth-order valence-corrected chi connectivity index (χ4v) is 3.40. The summed E-state index contributed by atoms with van der Waals surface area (Å²) >= 11 is 0. The molecule has 3 N–H and O–H groups in total. The molecule has 0 saturated heterocycles. The van der Waals surface area contributed by atoms with Crippen molar-refractivity contribution in [2.24, 2.45) is 0 Å². The van der Waals surface area contributed by atoms with Crippen LogP contribution in [0.25, 0.3) is 11.1 Å². The third kappa shape index (κ3) is 6.39. The van der Waals surface area contributed by atoms with Gasteiger partial charge in [0.15, 0.2) is 0 Å². The van der Waals surface area contributed by atoms with Gasteiger partial charge >= 0.3 is 5.97 Å². The molecule has 0 aliphatic heterocycles. The molecule has 3 aromatic carbocycles. The lowest BCUT2D eigenvalue weighted by Gasteiger charge is -2.14. The minimum Gasteiger partial charge on any atom is -0.490 e. The van der Waals surface area contributed by atoms with E-state index in [0.717, 1.165) is 23.1 Å². The summed E-state index contributed by atoms with van der Waals surface area (Å²) in [6.07, 6.45) is -0.114. The Kier molecular flexibility index (Phi) is 7.98. The molecular weight excluding hydrogens is 409 g/mol. The molecule has 3 rings (SSSR count). The molecule has 168 valence electrons. The monoisotopic (exact) mass is 437 g/mol. The number of halogens is 1. The van der Waals surface area contributed by atoms with Gasteiger partial charge in [0.1, 0.15) is 17.1 Å². The molecule has 1 atom stereocenters. The Hall–Kier alpha value is -3.22. The number of carbonyl (C=O) groups is 1. The first-order valence-electron chi connectivity index (χ1n) is 10.6. The van der Waals surface area contributed by atoms with Crippen LogP contribution in [0.3, 0.4) is 0 Å². The number of ether oxygens (including phenoxy) is 1. The van der Waals surface area contributed by atoms with E-state index in [1.807, 2.05) is 38.1 Å². The summed E-state index contributed by atoms with van der Waals surface area (Å²) in [7, 11) is 0. The number of nitrogens with one attached hydrogen (secondary N) is 1. The molecule has 0 unspecified atom stereocenters. The maximum absolute atomic E-state index is 13.3. The van der Waals surface area contributed by atoms with Gasteiger partial charge in [0.25, 0.3) is 0 Å². The lowest BCUT2D eigenvalue weighted by Crippen LogP contribution is -2.23. The zero-order valence-electron chi connectivity index (χ0n) is 18.2. The SMILES string of the molecule is CC(C)Oc1cc(-c2ccc(CCNC[C@H](O)c3cccc(F)c3)cc2)ccc1C(=O)O. The summed E-state index contributed by atoms with van der Waals surface area (Å²) < 4.78 is 18.9. The highest BCUT2D eigenvalue weighted by atomic mass is 19.1. The van der Waals surface area contributed by atoms with Crippen LogP contribution in [-0.4, -0.2) is 35.4 Å². The molecule has 0 aromatic heterocycles. The minimum atomic E-state index is -1.02. The number of aromatic carboxylic acids is 1. The molecule has 0 fully saturated rings. The standard InChI is InChI=1S/C26H28FNO4/c1-17(2)32-25-15-20(10-11-23(25)26(30)31)19-8-6-18(7-9-19)12-13-28-16-24(29)21-4-3-5-22(27)14-21/h3-11,14-15,17,24,28-29H,12-13,16H2,1-2H3,(H,30,31)/t24-/m0/s1. The van der Waals surface area contributed by atoms with Crippen LogP contribution < -0.4 is 10.1 Å². The van der Waals surface area contributed by atoms with Crippen LogP contribution >= 0.6 is 0 Å². The Labute approximate surface area is 187 Å². The molecular formula is C26H28FNO4. The first-order chi connectivity index (χ1) is 15.3. The highest BCUT2D eigenvalue weighted by Gasteiger charge is 2.14. The fourth-order valence-electron chi connectivity index (χ4n) is 3.40. The predicted octanol–water partition coefficient (Wildman–Crippen LogP) is 4.84. The largest absolute Gasteiger partial charge is 0.490 e. The highest BCUT2D eigenvalue weighted by Crippen LogP contribution is 2.28. The van der Waals surface area contributed by atoms with Crippen LogP contribution in [0, 0.1) is 5.82 Å². The Morgan fingerprint density at radius 3 is 2.41 bits per heavy atom. The van der Waals surface area contributed by atoms with Gasteiger partial charge < -0.3 is 20.3 Å². The van der Waals surface area contributed by atoms with E-state index in [-0.39, 0.29) is 17.5 Å². The molecule has 0 spiro atoms. The Bertz CT molecular complexity index is 1050. The highest BCUT2D eigenvalue weighted by molar-refractivity contribution is 5.92. The van der Waals surface area contributed by atoms with Gasteiger partial charge in [0, 0.05) is 6.54 Å². The van der Waals surface area contributed by atoms with Gasteiger partial charge in [-0.05, 0) is 73.3 Å².